The van der Waals surface area contributed by atoms with Crippen LogP contribution in [-0.4, -0.2) is 11.2 Å². The Morgan fingerprint density at radius 3 is 2.67 bits per heavy atom. The number of halogens is 2. The van der Waals surface area contributed by atoms with E-state index in [1.54, 1.807) is 12.1 Å². The first-order chi connectivity index (χ1) is 7.06. The van der Waals surface area contributed by atoms with E-state index in [9.17, 15) is 9.50 Å². The van der Waals surface area contributed by atoms with E-state index < -0.39 is 11.9 Å². The molecular weight excluding hydrogens is 215 g/mol. The second kappa shape index (κ2) is 5.47. The summed E-state index contributed by atoms with van der Waals surface area (Å²) in [6.45, 7) is 3.94. The van der Waals surface area contributed by atoms with Crippen molar-refractivity contribution in [1.82, 2.24) is 0 Å². The zero-order chi connectivity index (χ0) is 11.4. The van der Waals surface area contributed by atoms with Crippen LogP contribution >= 0.6 is 11.6 Å². The van der Waals surface area contributed by atoms with Crippen molar-refractivity contribution in [3.63, 3.8) is 0 Å². The molecular formula is C12H16ClFO. The average Bonchev–Trinajstić information content (AvgIpc) is 2.21. The van der Waals surface area contributed by atoms with Gasteiger partial charge in [0, 0.05) is 5.92 Å². The molecule has 0 saturated heterocycles. The normalized spacial score (nSPS) is 15.0. The molecule has 0 saturated carbocycles. The maximum Gasteiger partial charge on any atom is 0.141 e. The lowest BCUT2D eigenvalue weighted by Crippen LogP contribution is -2.15. The average molecular weight is 231 g/mol. The van der Waals surface area contributed by atoms with Gasteiger partial charge in [-0.25, -0.2) is 4.39 Å². The van der Waals surface area contributed by atoms with Gasteiger partial charge in [-0.1, -0.05) is 37.9 Å². The zero-order valence-electron chi connectivity index (χ0n) is 9.00. The van der Waals surface area contributed by atoms with Gasteiger partial charge in [0.05, 0.1) is 11.1 Å². The summed E-state index contributed by atoms with van der Waals surface area (Å²) in [5, 5.41) is 9.91. The van der Waals surface area contributed by atoms with E-state index in [0.717, 1.165) is 18.4 Å². The molecule has 0 spiro atoms. The van der Waals surface area contributed by atoms with Crippen LogP contribution in [-0.2, 0) is 0 Å². The molecule has 2 atom stereocenters. The van der Waals surface area contributed by atoms with E-state index in [1.165, 1.54) is 6.07 Å². The number of hydrogen-bond acceptors (Lipinski definition) is 1. The molecule has 1 aromatic rings. The topological polar surface area (TPSA) is 20.2 Å². The smallest absolute Gasteiger partial charge is 0.141 e. The van der Waals surface area contributed by atoms with Crippen molar-refractivity contribution in [1.29, 1.82) is 0 Å². The Hall–Kier alpha value is -0.600. The molecule has 0 heterocycles. The van der Waals surface area contributed by atoms with Crippen molar-refractivity contribution < 1.29 is 9.50 Å². The summed E-state index contributed by atoms with van der Waals surface area (Å²) in [6, 6.07) is 4.60. The lowest BCUT2D eigenvalue weighted by Gasteiger charge is -2.18. The quantitative estimate of drug-likeness (QED) is 0.836. The molecule has 84 valence electrons. The first kappa shape index (κ1) is 12.5. The number of hydrogen-bond donors (Lipinski definition) is 1. The third-order valence-corrected chi connectivity index (χ3v) is 2.92. The molecule has 1 rings (SSSR count). The van der Waals surface area contributed by atoms with Gasteiger partial charge in [-0.05, 0) is 24.1 Å². The van der Waals surface area contributed by atoms with Crippen molar-refractivity contribution >= 4 is 11.6 Å². The summed E-state index contributed by atoms with van der Waals surface area (Å²) in [6.07, 6.45) is 1.29. The van der Waals surface area contributed by atoms with Crippen LogP contribution < -0.4 is 0 Å². The number of benzene rings is 1. The van der Waals surface area contributed by atoms with Gasteiger partial charge in [-0.15, -0.1) is 0 Å². The zero-order valence-corrected chi connectivity index (χ0v) is 9.76. The Labute approximate surface area is 94.9 Å². The Balaban J connectivity index is 2.81. The van der Waals surface area contributed by atoms with Crippen molar-refractivity contribution in [2.45, 2.75) is 38.7 Å². The molecule has 2 unspecified atom stereocenters. The lowest BCUT2D eigenvalue weighted by molar-refractivity contribution is 0.138. The van der Waals surface area contributed by atoms with E-state index in [-0.39, 0.29) is 10.9 Å². The molecule has 0 aliphatic carbocycles. The predicted octanol–water partition coefficient (Wildman–Crippen LogP) is 3.74. The fourth-order valence-corrected chi connectivity index (χ4v) is 1.75. The minimum absolute atomic E-state index is 0.0111. The van der Waals surface area contributed by atoms with E-state index in [4.69, 9.17) is 11.6 Å². The molecule has 0 bridgehead atoms. The Morgan fingerprint density at radius 2 is 2.13 bits per heavy atom. The third kappa shape index (κ3) is 3.18. The Kier molecular flexibility index (Phi) is 4.55. The molecule has 0 aromatic heterocycles. The van der Waals surface area contributed by atoms with Gasteiger partial charge in [0.15, 0.2) is 0 Å². The minimum atomic E-state index is -0.419. The van der Waals surface area contributed by atoms with Crippen molar-refractivity contribution in [3.05, 3.63) is 34.6 Å². The van der Waals surface area contributed by atoms with Crippen molar-refractivity contribution in [2.75, 3.05) is 0 Å². The maximum atomic E-state index is 12.9. The molecule has 1 aromatic carbocycles. The van der Waals surface area contributed by atoms with Crippen LogP contribution in [0.25, 0.3) is 0 Å². The van der Waals surface area contributed by atoms with Crippen LogP contribution in [0.1, 0.15) is 38.2 Å². The maximum absolute atomic E-state index is 12.9. The standard InChI is InChI=1S/C12H16ClFO/c1-3-4-12(15)8(2)9-5-6-11(14)10(13)7-9/h5-8,12,15H,3-4H2,1-2H3. The predicted molar refractivity (Wildman–Crippen MR) is 60.7 cm³/mol. The summed E-state index contributed by atoms with van der Waals surface area (Å²) in [7, 11) is 0. The van der Waals surface area contributed by atoms with E-state index in [1.807, 2.05) is 13.8 Å². The summed E-state index contributed by atoms with van der Waals surface area (Å²) in [5.74, 6) is -0.430. The number of aliphatic hydroxyl groups excluding tert-OH is 1. The fourth-order valence-electron chi connectivity index (χ4n) is 1.56. The summed E-state index contributed by atoms with van der Waals surface area (Å²) in [4.78, 5) is 0. The van der Waals surface area contributed by atoms with E-state index in [2.05, 4.69) is 0 Å². The van der Waals surface area contributed by atoms with E-state index in [0.29, 0.717) is 0 Å². The molecule has 0 amide bonds. The monoisotopic (exact) mass is 230 g/mol. The summed E-state index contributed by atoms with van der Waals surface area (Å²) >= 11 is 5.68. The molecule has 3 heteroatoms. The highest BCUT2D eigenvalue weighted by molar-refractivity contribution is 6.30. The van der Waals surface area contributed by atoms with Crippen LogP contribution in [0.15, 0.2) is 18.2 Å². The number of rotatable bonds is 4. The largest absolute Gasteiger partial charge is 0.393 e. The lowest BCUT2D eigenvalue weighted by atomic mass is 9.93. The van der Waals surface area contributed by atoms with Crippen LogP contribution in [0.4, 0.5) is 4.39 Å². The Bertz CT molecular complexity index is 327. The van der Waals surface area contributed by atoms with Gasteiger partial charge in [-0.2, -0.15) is 0 Å². The first-order valence-corrected chi connectivity index (χ1v) is 5.57. The first-order valence-electron chi connectivity index (χ1n) is 5.19. The van der Waals surface area contributed by atoms with Crippen LogP contribution in [0.5, 0.6) is 0 Å². The third-order valence-electron chi connectivity index (χ3n) is 2.63. The van der Waals surface area contributed by atoms with Crippen molar-refractivity contribution in [2.24, 2.45) is 0 Å². The van der Waals surface area contributed by atoms with Crippen LogP contribution in [0.3, 0.4) is 0 Å². The molecule has 15 heavy (non-hydrogen) atoms. The van der Waals surface area contributed by atoms with Crippen molar-refractivity contribution in [3.8, 4) is 0 Å². The molecule has 1 N–H and O–H groups in total. The fraction of sp³-hybridized carbons (Fsp3) is 0.500. The van der Waals surface area contributed by atoms with Gasteiger partial charge in [0.25, 0.3) is 0 Å². The van der Waals surface area contributed by atoms with Crippen LogP contribution in [0.2, 0.25) is 5.02 Å². The molecule has 0 aliphatic rings. The number of aliphatic hydroxyl groups is 1. The Morgan fingerprint density at radius 1 is 1.47 bits per heavy atom. The highest BCUT2D eigenvalue weighted by atomic mass is 35.5. The van der Waals surface area contributed by atoms with E-state index >= 15 is 0 Å². The second-order valence-electron chi connectivity index (χ2n) is 3.82. The molecule has 1 nitrogen and oxygen atoms in total. The van der Waals surface area contributed by atoms with Gasteiger partial charge < -0.3 is 5.11 Å². The molecule has 0 aliphatic heterocycles. The highest BCUT2D eigenvalue weighted by Gasteiger charge is 2.16. The molecule has 0 fully saturated rings. The molecule has 0 radical (unpaired) electrons. The summed E-state index contributed by atoms with van der Waals surface area (Å²) < 4.78 is 12.9. The highest BCUT2D eigenvalue weighted by Crippen LogP contribution is 2.25. The summed E-state index contributed by atoms with van der Waals surface area (Å²) in [5.41, 5.74) is 0.877. The minimum Gasteiger partial charge on any atom is -0.393 e. The van der Waals surface area contributed by atoms with Gasteiger partial charge in [0.1, 0.15) is 5.82 Å². The van der Waals surface area contributed by atoms with Gasteiger partial charge in [0.2, 0.25) is 0 Å². The van der Waals surface area contributed by atoms with Gasteiger partial charge in [-0.3, -0.25) is 0 Å². The SMILES string of the molecule is CCCC(O)C(C)c1ccc(F)c(Cl)c1. The second-order valence-corrected chi connectivity index (χ2v) is 4.23. The van der Waals surface area contributed by atoms with Crippen LogP contribution in [0, 0.1) is 5.82 Å². The van der Waals surface area contributed by atoms with Gasteiger partial charge >= 0.3 is 0 Å².